The van der Waals surface area contributed by atoms with E-state index in [0.29, 0.717) is 6.54 Å². The average Bonchev–Trinajstić information content (AvgIpc) is 2.26. The molecule has 0 aromatic heterocycles. The maximum Gasteiger partial charge on any atom is 0.0736 e. The lowest BCUT2D eigenvalue weighted by molar-refractivity contribution is -0.0288. The van der Waals surface area contributed by atoms with Gasteiger partial charge in [-0.3, -0.25) is 4.90 Å². The molecule has 0 saturated heterocycles. The van der Waals surface area contributed by atoms with E-state index in [1.165, 1.54) is 0 Å². The van der Waals surface area contributed by atoms with Crippen LogP contribution >= 0.6 is 0 Å². The van der Waals surface area contributed by atoms with E-state index in [1.807, 2.05) is 13.8 Å². The van der Waals surface area contributed by atoms with Crippen LogP contribution in [-0.4, -0.2) is 57.0 Å². The van der Waals surface area contributed by atoms with Crippen LogP contribution in [-0.2, 0) is 9.47 Å². The zero-order valence-corrected chi connectivity index (χ0v) is 10.7. The second kappa shape index (κ2) is 7.17. The molecule has 0 aliphatic rings. The van der Waals surface area contributed by atoms with Gasteiger partial charge in [-0.2, -0.15) is 0 Å². The summed E-state index contributed by atoms with van der Waals surface area (Å²) in [6.07, 6.45) is 0.106. The van der Waals surface area contributed by atoms with Crippen LogP contribution in [0, 0.1) is 0 Å². The molecule has 0 bridgehead atoms. The Hall–Kier alpha value is -0.160. The third-order valence-electron chi connectivity index (χ3n) is 3.29. The van der Waals surface area contributed by atoms with E-state index in [-0.39, 0.29) is 11.6 Å². The summed E-state index contributed by atoms with van der Waals surface area (Å²) in [5.74, 6) is 0. The van der Waals surface area contributed by atoms with Crippen molar-refractivity contribution in [1.82, 2.24) is 4.90 Å². The maximum absolute atomic E-state index is 5.83. The minimum Gasteiger partial charge on any atom is -0.380 e. The van der Waals surface area contributed by atoms with E-state index in [1.54, 1.807) is 7.11 Å². The van der Waals surface area contributed by atoms with Crippen LogP contribution in [0.3, 0.4) is 0 Å². The Bertz CT molecular complexity index is 167. The molecule has 92 valence electrons. The van der Waals surface area contributed by atoms with Gasteiger partial charge in [0.15, 0.2) is 0 Å². The van der Waals surface area contributed by atoms with Crippen LogP contribution < -0.4 is 5.73 Å². The average molecular weight is 218 g/mol. The minimum atomic E-state index is -0.133. The zero-order chi connectivity index (χ0) is 11.9. The normalized spacial score (nSPS) is 17.8. The number of nitrogens with two attached hydrogens (primary N) is 1. The Morgan fingerprint density at radius 3 is 2.47 bits per heavy atom. The minimum absolute atomic E-state index is 0.106. The number of likely N-dealkylation sites (N-methyl/N-ethyl adjacent to an activating group) is 1. The van der Waals surface area contributed by atoms with E-state index in [2.05, 4.69) is 18.9 Å². The largest absolute Gasteiger partial charge is 0.380 e. The Kier molecular flexibility index (Phi) is 7.09. The van der Waals surface area contributed by atoms with Gasteiger partial charge in [0.2, 0.25) is 0 Å². The van der Waals surface area contributed by atoms with Gasteiger partial charge in [0.1, 0.15) is 0 Å². The predicted molar refractivity (Wildman–Crippen MR) is 63.1 cm³/mol. The predicted octanol–water partition coefficient (Wildman–Crippen LogP) is 0.707. The molecule has 4 nitrogen and oxygen atoms in total. The molecule has 15 heavy (non-hydrogen) atoms. The smallest absolute Gasteiger partial charge is 0.0736 e. The van der Waals surface area contributed by atoms with Crippen molar-refractivity contribution in [3.63, 3.8) is 0 Å². The molecule has 0 amide bonds. The van der Waals surface area contributed by atoms with Crippen molar-refractivity contribution in [2.75, 3.05) is 40.5 Å². The first-order valence-corrected chi connectivity index (χ1v) is 5.54. The molecular weight excluding hydrogens is 192 g/mol. The van der Waals surface area contributed by atoms with Crippen molar-refractivity contribution in [2.24, 2.45) is 5.73 Å². The van der Waals surface area contributed by atoms with Crippen LogP contribution in [0.4, 0.5) is 0 Å². The molecule has 0 spiro atoms. The van der Waals surface area contributed by atoms with Crippen LogP contribution in [0.15, 0.2) is 0 Å². The second-order valence-electron chi connectivity index (χ2n) is 4.06. The van der Waals surface area contributed by atoms with Crippen molar-refractivity contribution in [3.8, 4) is 0 Å². The molecule has 2 N–H and O–H groups in total. The maximum atomic E-state index is 5.83. The summed E-state index contributed by atoms with van der Waals surface area (Å²) in [7, 11) is 3.77. The summed E-state index contributed by atoms with van der Waals surface area (Å²) in [6.45, 7) is 9.10. The third-order valence-corrected chi connectivity index (χ3v) is 3.29. The van der Waals surface area contributed by atoms with Crippen molar-refractivity contribution < 1.29 is 9.47 Å². The van der Waals surface area contributed by atoms with E-state index in [4.69, 9.17) is 15.2 Å². The number of hydrogen-bond acceptors (Lipinski definition) is 4. The van der Waals surface area contributed by atoms with Gasteiger partial charge in [0.25, 0.3) is 0 Å². The number of hydrogen-bond donors (Lipinski definition) is 1. The fraction of sp³-hybridized carbons (Fsp3) is 1.00. The standard InChI is InChI=1S/C11H26N2O2/c1-6-15-8-7-13(4)11(3,9-12)10(2)14-5/h10H,6-9,12H2,1-5H3. The monoisotopic (exact) mass is 218 g/mol. The molecule has 0 aliphatic carbocycles. The van der Waals surface area contributed by atoms with Gasteiger partial charge >= 0.3 is 0 Å². The summed E-state index contributed by atoms with van der Waals surface area (Å²) in [4.78, 5) is 2.21. The number of methoxy groups -OCH3 is 1. The first kappa shape index (κ1) is 14.8. The third kappa shape index (κ3) is 4.07. The van der Waals surface area contributed by atoms with Gasteiger partial charge in [-0.25, -0.2) is 0 Å². The molecule has 0 aliphatic heterocycles. The lowest BCUT2D eigenvalue weighted by atomic mass is 9.94. The molecule has 0 aromatic carbocycles. The van der Waals surface area contributed by atoms with E-state index >= 15 is 0 Å². The first-order chi connectivity index (χ1) is 7.02. The van der Waals surface area contributed by atoms with Crippen LogP contribution in [0.1, 0.15) is 20.8 Å². The Labute approximate surface area is 93.7 Å². The van der Waals surface area contributed by atoms with Crippen molar-refractivity contribution in [2.45, 2.75) is 32.4 Å². The molecule has 0 aromatic rings. The molecule has 0 saturated carbocycles. The lowest BCUT2D eigenvalue weighted by Gasteiger charge is -2.41. The molecule has 0 fully saturated rings. The fourth-order valence-corrected chi connectivity index (χ4v) is 1.49. The summed E-state index contributed by atoms with van der Waals surface area (Å²) in [5, 5.41) is 0. The summed E-state index contributed by atoms with van der Waals surface area (Å²) < 4.78 is 10.7. The first-order valence-electron chi connectivity index (χ1n) is 5.54. The van der Waals surface area contributed by atoms with Gasteiger partial charge in [-0.05, 0) is 27.8 Å². The van der Waals surface area contributed by atoms with E-state index < -0.39 is 0 Å². The van der Waals surface area contributed by atoms with Crippen LogP contribution in [0.2, 0.25) is 0 Å². The van der Waals surface area contributed by atoms with Gasteiger partial charge in [-0.1, -0.05) is 0 Å². The highest BCUT2D eigenvalue weighted by Crippen LogP contribution is 2.18. The van der Waals surface area contributed by atoms with Gasteiger partial charge in [0.05, 0.1) is 18.2 Å². The molecule has 0 radical (unpaired) electrons. The van der Waals surface area contributed by atoms with Crippen LogP contribution in [0.5, 0.6) is 0 Å². The Morgan fingerprint density at radius 2 is 2.07 bits per heavy atom. The number of nitrogens with zero attached hydrogens (tertiary/aromatic N) is 1. The molecule has 2 unspecified atom stereocenters. The van der Waals surface area contributed by atoms with Crippen LogP contribution in [0.25, 0.3) is 0 Å². The highest BCUT2D eigenvalue weighted by molar-refractivity contribution is 4.91. The molecule has 4 heteroatoms. The van der Waals surface area contributed by atoms with E-state index in [9.17, 15) is 0 Å². The molecular formula is C11H26N2O2. The second-order valence-corrected chi connectivity index (χ2v) is 4.06. The van der Waals surface area contributed by atoms with Crippen molar-refractivity contribution >= 4 is 0 Å². The Balaban J connectivity index is 4.24. The van der Waals surface area contributed by atoms with Gasteiger partial charge in [0, 0.05) is 26.8 Å². The highest BCUT2D eigenvalue weighted by Gasteiger charge is 2.33. The highest BCUT2D eigenvalue weighted by atomic mass is 16.5. The topological polar surface area (TPSA) is 47.7 Å². The number of ether oxygens (including phenoxy) is 2. The van der Waals surface area contributed by atoms with Gasteiger partial charge in [-0.15, -0.1) is 0 Å². The summed E-state index contributed by atoms with van der Waals surface area (Å²) in [5.41, 5.74) is 5.69. The van der Waals surface area contributed by atoms with Crippen molar-refractivity contribution in [1.29, 1.82) is 0 Å². The zero-order valence-electron chi connectivity index (χ0n) is 10.7. The molecule has 0 heterocycles. The van der Waals surface area contributed by atoms with E-state index in [0.717, 1.165) is 19.8 Å². The summed E-state index contributed by atoms with van der Waals surface area (Å²) >= 11 is 0. The SMILES string of the molecule is CCOCCN(C)C(C)(CN)C(C)OC. The van der Waals surface area contributed by atoms with Crippen molar-refractivity contribution in [3.05, 3.63) is 0 Å². The fourth-order valence-electron chi connectivity index (χ4n) is 1.49. The quantitative estimate of drug-likeness (QED) is 0.610. The van der Waals surface area contributed by atoms with Gasteiger partial charge < -0.3 is 15.2 Å². The molecule has 0 rings (SSSR count). The summed E-state index contributed by atoms with van der Waals surface area (Å²) in [6, 6.07) is 0. The number of rotatable bonds is 8. The molecule has 2 atom stereocenters. The Morgan fingerprint density at radius 1 is 1.47 bits per heavy atom. The lowest BCUT2D eigenvalue weighted by Crippen LogP contribution is -2.58.